The lowest BCUT2D eigenvalue weighted by atomic mass is 10.1. The summed E-state index contributed by atoms with van der Waals surface area (Å²) in [5, 5.41) is 31.5. The van der Waals surface area contributed by atoms with Crippen LogP contribution in [0.15, 0.2) is 23.8 Å². The van der Waals surface area contributed by atoms with Crippen molar-refractivity contribution in [2.75, 3.05) is 18.9 Å². The Morgan fingerprint density at radius 1 is 1.30 bits per heavy atom. The molecule has 0 saturated carbocycles. The minimum atomic E-state index is -1.25. The molecule has 0 radical (unpaired) electrons. The standard InChI is InChI=1S/C16H19N5O5S/c17-13-10-14(20-16(19-13)25-4-3-8-2-1-5-27-8)21(7-18-10)15-12(24)11(23)9(6-22)26-15/h1-2,5,7,9,11-12,15,22-24H,3-4,6H2,(H2,17,19,20)/t9-,11-,12-,15?/m0/s1. The Morgan fingerprint density at radius 3 is 2.85 bits per heavy atom. The number of hydrogen-bond donors (Lipinski definition) is 4. The van der Waals surface area contributed by atoms with E-state index in [9.17, 15) is 15.3 Å². The fraction of sp³-hybridized carbons (Fsp3) is 0.438. The highest BCUT2D eigenvalue weighted by Gasteiger charge is 2.44. The van der Waals surface area contributed by atoms with Crippen LogP contribution in [0.25, 0.3) is 11.2 Å². The van der Waals surface area contributed by atoms with Gasteiger partial charge in [0.05, 0.1) is 19.5 Å². The van der Waals surface area contributed by atoms with Crippen molar-refractivity contribution in [1.29, 1.82) is 0 Å². The van der Waals surface area contributed by atoms with E-state index in [1.807, 2.05) is 17.5 Å². The summed E-state index contributed by atoms with van der Waals surface area (Å²) in [7, 11) is 0. The van der Waals surface area contributed by atoms with Gasteiger partial charge in [0.15, 0.2) is 23.2 Å². The van der Waals surface area contributed by atoms with E-state index in [2.05, 4.69) is 15.0 Å². The molecular formula is C16H19N5O5S. The Bertz CT molecular complexity index is 917. The third-order valence-electron chi connectivity index (χ3n) is 4.38. The molecule has 1 aliphatic rings. The number of nitrogen functional groups attached to an aromatic ring is 1. The van der Waals surface area contributed by atoms with Crippen molar-refractivity contribution in [2.45, 2.75) is 31.0 Å². The van der Waals surface area contributed by atoms with Gasteiger partial charge in [0.2, 0.25) is 0 Å². The van der Waals surface area contributed by atoms with E-state index in [4.69, 9.17) is 15.2 Å². The summed E-state index contributed by atoms with van der Waals surface area (Å²) in [5.41, 5.74) is 6.59. The SMILES string of the molecule is Nc1nc(OCCc2cccs2)nc2c1ncn2C1O[C@@H](CO)[C@H](O)[C@@H]1O. The number of anilines is 1. The highest BCUT2D eigenvalue weighted by molar-refractivity contribution is 7.09. The molecule has 144 valence electrons. The van der Waals surface area contributed by atoms with Gasteiger partial charge in [-0.1, -0.05) is 6.07 Å². The van der Waals surface area contributed by atoms with Gasteiger partial charge in [-0.15, -0.1) is 11.3 Å². The molecule has 3 aromatic heterocycles. The number of aliphatic hydroxyl groups excluding tert-OH is 3. The minimum absolute atomic E-state index is 0.0880. The number of thiophene rings is 1. The highest BCUT2D eigenvalue weighted by atomic mass is 32.1. The molecule has 1 fully saturated rings. The van der Waals surface area contributed by atoms with Crippen LogP contribution in [0, 0.1) is 0 Å². The van der Waals surface area contributed by atoms with Gasteiger partial charge in [-0.05, 0) is 11.4 Å². The summed E-state index contributed by atoms with van der Waals surface area (Å²) in [5.74, 6) is 0.136. The predicted octanol–water partition coefficient (Wildman–Crippen LogP) is -0.297. The molecule has 1 aliphatic heterocycles. The van der Waals surface area contributed by atoms with Crippen LogP contribution in [0.1, 0.15) is 11.1 Å². The topological polar surface area (TPSA) is 149 Å². The molecule has 0 spiro atoms. The number of nitrogens with zero attached hydrogens (tertiary/aromatic N) is 4. The fourth-order valence-corrected chi connectivity index (χ4v) is 3.67. The first-order valence-electron chi connectivity index (χ1n) is 8.36. The molecule has 4 rings (SSSR count). The zero-order chi connectivity index (χ0) is 19.0. The fourth-order valence-electron chi connectivity index (χ4n) is 2.98. The largest absolute Gasteiger partial charge is 0.463 e. The van der Waals surface area contributed by atoms with Gasteiger partial charge < -0.3 is 30.5 Å². The molecule has 0 bridgehead atoms. The van der Waals surface area contributed by atoms with Gasteiger partial charge in [-0.2, -0.15) is 9.97 Å². The van der Waals surface area contributed by atoms with Gasteiger partial charge >= 0.3 is 6.01 Å². The Kier molecular flexibility index (Phi) is 4.93. The summed E-state index contributed by atoms with van der Waals surface area (Å²) in [4.78, 5) is 13.8. The molecule has 0 aromatic carbocycles. The molecule has 4 heterocycles. The molecule has 4 atom stereocenters. The van der Waals surface area contributed by atoms with Crippen molar-refractivity contribution >= 4 is 28.3 Å². The number of nitrogens with two attached hydrogens (primary N) is 1. The maximum absolute atomic E-state index is 10.2. The van der Waals surface area contributed by atoms with Crippen LogP contribution in [0.4, 0.5) is 5.82 Å². The monoisotopic (exact) mass is 393 g/mol. The van der Waals surface area contributed by atoms with Gasteiger partial charge in [0, 0.05) is 11.3 Å². The molecule has 27 heavy (non-hydrogen) atoms. The third-order valence-corrected chi connectivity index (χ3v) is 5.32. The van der Waals surface area contributed by atoms with Crippen molar-refractivity contribution in [3.05, 3.63) is 28.7 Å². The zero-order valence-corrected chi connectivity index (χ0v) is 15.0. The van der Waals surface area contributed by atoms with Crippen LogP contribution < -0.4 is 10.5 Å². The molecule has 0 aliphatic carbocycles. The average Bonchev–Trinajstić information content (AvgIpc) is 3.37. The Balaban J connectivity index is 1.58. The second-order valence-corrected chi connectivity index (χ2v) is 7.15. The Labute approximate surface area is 157 Å². The molecule has 5 N–H and O–H groups in total. The van der Waals surface area contributed by atoms with Gasteiger partial charge in [-0.25, -0.2) is 4.98 Å². The zero-order valence-electron chi connectivity index (χ0n) is 14.2. The number of rotatable bonds is 6. The van der Waals surface area contributed by atoms with Crippen LogP contribution in [-0.2, 0) is 11.2 Å². The van der Waals surface area contributed by atoms with E-state index in [0.717, 1.165) is 0 Å². The van der Waals surface area contributed by atoms with E-state index in [1.54, 1.807) is 11.3 Å². The number of fused-ring (bicyclic) bond motifs is 1. The van der Waals surface area contributed by atoms with E-state index in [1.165, 1.54) is 15.8 Å². The maximum atomic E-state index is 10.2. The first-order chi connectivity index (χ1) is 13.1. The van der Waals surface area contributed by atoms with Crippen LogP contribution in [0.3, 0.4) is 0 Å². The molecule has 11 heteroatoms. The van der Waals surface area contributed by atoms with Crippen molar-refractivity contribution in [3.63, 3.8) is 0 Å². The smallest absolute Gasteiger partial charge is 0.320 e. The molecule has 10 nitrogen and oxygen atoms in total. The van der Waals surface area contributed by atoms with Crippen molar-refractivity contribution in [1.82, 2.24) is 19.5 Å². The van der Waals surface area contributed by atoms with E-state index >= 15 is 0 Å². The van der Waals surface area contributed by atoms with Crippen LogP contribution >= 0.6 is 11.3 Å². The van der Waals surface area contributed by atoms with Crippen molar-refractivity contribution in [3.8, 4) is 6.01 Å². The lowest BCUT2D eigenvalue weighted by Crippen LogP contribution is -2.33. The summed E-state index contributed by atoms with van der Waals surface area (Å²) in [6.45, 7) is -0.0387. The third kappa shape index (κ3) is 3.35. The van der Waals surface area contributed by atoms with Crippen LogP contribution in [0.5, 0.6) is 6.01 Å². The van der Waals surface area contributed by atoms with Gasteiger partial charge in [0.25, 0.3) is 0 Å². The quantitative estimate of drug-likeness (QED) is 0.443. The molecule has 3 aromatic rings. The van der Waals surface area contributed by atoms with E-state index in [-0.39, 0.29) is 11.8 Å². The number of aromatic nitrogens is 4. The Hall–Kier alpha value is -2.31. The molecule has 1 saturated heterocycles. The van der Waals surface area contributed by atoms with Gasteiger partial charge in [-0.3, -0.25) is 4.57 Å². The number of aliphatic hydroxyl groups is 3. The second kappa shape index (κ2) is 7.37. The number of hydrogen-bond acceptors (Lipinski definition) is 10. The maximum Gasteiger partial charge on any atom is 0.320 e. The van der Waals surface area contributed by atoms with Crippen molar-refractivity contribution in [2.24, 2.45) is 0 Å². The molecule has 0 amide bonds. The van der Waals surface area contributed by atoms with Crippen molar-refractivity contribution < 1.29 is 24.8 Å². The summed E-state index contributed by atoms with van der Waals surface area (Å²) in [6, 6.07) is 4.08. The summed E-state index contributed by atoms with van der Waals surface area (Å²) in [6.07, 6.45) is -2.23. The lowest BCUT2D eigenvalue weighted by Gasteiger charge is -2.16. The first kappa shape index (κ1) is 18.1. The normalized spacial score (nSPS) is 25.3. The van der Waals surface area contributed by atoms with E-state index in [0.29, 0.717) is 24.2 Å². The number of imidazole rings is 1. The number of ether oxygens (including phenoxy) is 2. The first-order valence-corrected chi connectivity index (χ1v) is 9.24. The second-order valence-electron chi connectivity index (χ2n) is 6.12. The molecular weight excluding hydrogens is 374 g/mol. The lowest BCUT2D eigenvalue weighted by molar-refractivity contribution is -0.0511. The van der Waals surface area contributed by atoms with Crippen LogP contribution in [0.2, 0.25) is 0 Å². The predicted molar refractivity (Wildman–Crippen MR) is 96.3 cm³/mol. The summed E-state index contributed by atoms with van der Waals surface area (Å²) >= 11 is 1.64. The van der Waals surface area contributed by atoms with E-state index < -0.39 is 31.1 Å². The molecule has 1 unspecified atom stereocenters. The minimum Gasteiger partial charge on any atom is -0.463 e. The van der Waals surface area contributed by atoms with Crippen LogP contribution in [-0.4, -0.2) is 66.4 Å². The van der Waals surface area contributed by atoms with Gasteiger partial charge in [0.1, 0.15) is 18.3 Å². The summed E-state index contributed by atoms with van der Waals surface area (Å²) < 4.78 is 12.6. The highest BCUT2D eigenvalue weighted by Crippen LogP contribution is 2.32. The Morgan fingerprint density at radius 2 is 2.15 bits per heavy atom. The average molecular weight is 393 g/mol.